The van der Waals surface area contributed by atoms with Crippen LogP contribution in [0.2, 0.25) is 0 Å². The minimum atomic E-state index is -0.728. The molecule has 0 aromatic rings. The SMILES string of the molecule is CCSC1CCCC(NC(=O)CC2(O)CCCCC2)C1. The van der Waals surface area contributed by atoms with Crippen LogP contribution in [0.3, 0.4) is 0 Å². The summed E-state index contributed by atoms with van der Waals surface area (Å²) >= 11 is 2.02. The number of hydrogen-bond acceptors (Lipinski definition) is 3. The van der Waals surface area contributed by atoms with Crippen LogP contribution in [0.4, 0.5) is 0 Å². The Morgan fingerprint density at radius 2 is 2.00 bits per heavy atom. The van der Waals surface area contributed by atoms with Crippen molar-refractivity contribution in [2.45, 2.75) is 88.0 Å². The summed E-state index contributed by atoms with van der Waals surface area (Å²) in [6, 6.07) is 0.326. The van der Waals surface area contributed by atoms with E-state index in [0.29, 0.717) is 17.7 Å². The molecule has 2 aliphatic carbocycles. The molecule has 0 bridgehead atoms. The fourth-order valence-electron chi connectivity index (χ4n) is 3.63. The maximum atomic E-state index is 12.2. The standard InChI is InChI=1S/C16H29NO2S/c1-2-20-14-8-6-7-13(11-14)17-15(18)12-16(19)9-4-3-5-10-16/h13-14,19H,2-12H2,1H3,(H,17,18). The third-order valence-electron chi connectivity index (χ3n) is 4.67. The van der Waals surface area contributed by atoms with Crippen LogP contribution in [-0.4, -0.2) is 33.7 Å². The molecule has 2 atom stereocenters. The molecule has 20 heavy (non-hydrogen) atoms. The van der Waals surface area contributed by atoms with E-state index in [1.54, 1.807) is 0 Å². The van der Waals surface area contributed by atoms with Gasteiger partial charge >= 0.3 is 0 Å². The smallest absolute Gasteiger partial charge is 0.223 e. The molecule has 0 aliphatic heterocycles. The number of rotatable bonds is 5. The average Bonchev–Trinajstić information content (AvgIpc) is 2.39. The van der Waals surface area contributed by atoms with E-state index < -0.39 is 5.60 Å². The first-order chi connectivity index (χ1) is 9.61. The summed E-state index contributed by atoms with van der Waals surface area (Å²) < 4.78 is 0. The van der Waals surface area contributed by atoms with Gasteiger partial charge in [0.1, 0.15) is 0 Å². The second-order valence-electron chi connectivity index (χ2n) is 6.47. The summed E-state index contributed by atoms with van der Waals surface area (Å²) in [6.45, 7) is 2.20. The lowest BCUT2D eigenvalue weighted by Crippen LogP contribution is -2.44. The van der Waals surface area contributed by atoms with Crippen LogP contribution < -0.4 is 5.32 Å². The molecule has 116 valence electrons. The number of thioether (sulfide) groups is 1. The van der Waals surface area contributed by atoms with Gasteiger partial charge in [-0.15, -0.1) is 0 Å². The molecule has 3 nitrogen and oxygen atoms in total. The second-order valence-corrected chi connectivity index (χ2v) is 8.05. The molecule has 0 spiro atoms. The first kappa shape index (κ1) is 16.2. The Bertz CT molecular complexity index is 314. The molecular weight excluding hydrogens is 270 g/mol. The van der Waals surface area contributed by atoms with E-state index in [1.165, 1.54) is 19.3 Å². The molecular formula is C16H29NO2S. The Labute approximate surface area is 127 Å². The molecule has 2 N–H and O–H groups in total. The van der Waals surface area contributed by atoms with Crippen molar-refractivity contribution >= 4 is 17.7 Å². The maximum absolute atomic E-state index is 12.2. The molecule has 0 radical (unpaired) electrons. The molecule has 2 rings (SSSR count). The molecule has 2 aliphatic rings. The molecule has 0 saturated heterocycles. The van der Waals surface area contributed by atoms with Crippen LogP contribution in [0.15, 0.2) is 0 Å². The third-order valence-corrected chi connectivity index (χ3v) is 5.90. The molecule has 0 aromatic heterocycles. The van der Waals surface area contributed by atoms with Gasteiger partial charge in [0.05, 0.1) is 12.0 Å². The molecule has 2 unspecified atom stereocenters. The lowest BCUT2D eigenvalue weighted by molar-refractivity contribution is -0.128. The fourth-order valence-corrected chi connectivity index (χ4v) is 4.80. The highest BCUT2D eigenvalue weighted by atomic mass is 32.2. The minimum absolute atomic E-state index is 0.0570. The van der Waals surface area contributed by atoms with Crippen molar-refractivity contribution < 1.29 is 9.90 Å². The number of hydrogen-bond donors (Lipinski definition) is 2. The van der Waals surface area contributed by atoms with Crippen molar-refractivity contribution in [3.8, 4) is 0 Å². The summed E-state index contributed by atoms with van der Waals surface area (Å²) in [4.78, 5) is 12.2. The molecule has 0 heterocycles. The van der Waals surface area contributed by atoms with E-state index in [9.17, 15) is 9.90 Å². The maximum Gasteiger partial charge on any atom is 0.223 e. The van der Waals surface area contributed by atoms with E-state index in [4.69, 9.17) is 0 Å². The van der Waals surface area contributed by atoms with Crippen LogP contribution >= 0.6 is 11.8 Å². The molecule has 4 heteroatoms. The van der Waals surface area contributed by atoms with Crippen molar-refractivity contribution in [3.63, 3.8) is 0 Å². The number of aliphatic hydroxyl groups is 1. The van der Waals surface area contributed by atoms with Gasteiger partial charge in [-0.1, -0.05) is 32.6 Å². The fraction of sp³-hybridized carbons (Fsp3) is 0.938. The first-order valence-electron chi connectivity index (χ1n) is 8.25. The van der Waals surface area contributed by atoms with Gasteiger partial charge in [-0.25, -0.2) is 0 Å². The number of carbonyl (C=O) groups excluding carboxylic acids is 1. The predicted molar refractivity (Wildman–Crippen MR) is 85.0 cm³/mol. The zero-order chi connectivity index (χ0) is 14.4. The molecule has 0 aromatic carbocycles. The first-order valence-corrected chi connectivity index (χ1v) is 9.29. The topological polar surface area (TPSA) is 49.3 Å². The monoisotopic (exact) mass is 299 g/mol. The highest BCUT2D eigenvalue weighted by molar-refractivity contribution is 7.99. The van der Waals surface area contributed by atoms with Crippen LogP contribution in [-0.2, 0) is 4.79 Å². The highest BCUT2D eigenvalue weighted by Gasteiger charge is 2.32. The minimum Gasteiger partial charge on any atom is -0.389 e. The Morgan fingerprint density at radius 3 is 2.70 bits per heavy atom. The van der Waals surface area contributed by atoms with Gasteiger partial charge in [0, 0.05) is 11.3 Å². The Morgan fingerprint density at radius 1 is 1.25 bits per heavy atom. The average molecular weight is 299 g/mol. The third kappa shape index (κ3) is 4.96. The van der Waals surface area contributed by atoms with E-state index in [2.05, 4.69) is 12.2 Å². The Kier molecular flexibility index (Phi) is 6.21. The van der Waals surface area contributed by atoms with Crippen molar-refractivity contribution in [1.29, 1.82) is 0 Å². The Balaban J connectivity index is 1.76. The van der Waals surface area contributed by atoms with Crippen LogP contribution in [0.1, 0.15) is 71.1 Å². The van der Waals surface area contributed by atoms with E-state index in [-0.39, 0.29) is 5.91 Å². The predicted octanol–water partition coefficient (Wildman–Crippen LogP) is 3.25. The van der Waals surface area contributed by atoms with E-state index in [0.717, 1.165) is 44.3 Å². The van der Waals surface area contributed by atoms with Gasteiger partial charge in [0.25, 0.3) is 0 Å². The summed E-state index contributed by atoms with van der Waals surface area (Å²) in [5.41, 5.74) is -0.728. The summed E-state index contributed by atoms with van der Waals surface area (Å²) in [5, 5.41) is 14.3. The van der Waals surface area contributed by atoms with Crippen LogP contribution in [0.25, 0.3) is 0 Å². The van der Waals surface area contributed by atoms with Gasteiger partial charge in [-0.2, -0.15) is 11.8 Å². The van der Waals surface area contributed by atoms with Crippen molar-refractivity contribution in [2.24, 2.45) is 0 Å². The van der Waals surface area contributed by atoms with Gasteiger partial charge in [0.15, 0.2) is 0 Å². The molecule has 1 amide bonds. The van der Waals surface area contributed by atoms with Crippen LogP contribution in [0, 0.1) is 0 Å². The number of carbonyl (C=O) groups is 1. The van der Waals surface area contributed by atoms with Gasteiger partial charge < -0.3 is 10.4 Å². The molecule has 2 saturated carbocycles. The summed E-state index contributed by atoms with van der Waals surface area (Å²) in [6.07, 6.45) is 9.90. The van der Waals surface area contributed by atoms with E-state index in [1.807, 2.05) is 11.8 Å². The summed E-state index contributed by atoms with van der Waals surface area (Å²) in [7, 11) is 0. The molecule has 2 fully saturated rings. The zero-order valence-electron chi connectivity index (χ0n) is 12.7. The second kappa shape index (κ2) is 7.69. The van der Waals surface area contributed by atoms with Gasteiger partial charge in [-0.05, 0) is 37.9 Å². The number of amides is 1. The van der Waals surface area contributed by atoms with Crippen molar-refractivity contribution in [1.82, 2.24) is 5.32 Å². The largest absolute Gasteiger partial charge is 0.389 e. The normalized spacial score (nSPS) is 29.9. The van der Waals surface area contributed by atoms with Gasteiger partial charge in [0.2, 0.25) is 5.91 Å². The lowest BCUT2D eigenvalue weighted by atomic mass is 9.82. The Hall–Kier alpha value is -0.220. The lowest BCUT2D eigenvalue weighted by Gasteiger charge is -2.33. The van der Waals surface area contributed by atoms with Crippen molar-refractivity contribution in [2.75, 3.05) is 5.75 Å². The zero-order valence-corrected chi connectivity index (χ0v) is 13.5. The highest BCUT2D eigenvalue weighted by Crippen LogP contribution is 2.32. The summed E-state index contributed by atoms with van der Waals surface area (Å²) in [5.74, 6) is 1.21. The quantitative estimate of drug-likeness (QED) is 0.819. The van der Waals surface area contributed by atoms with Crippen LogP contribution in [0.5, 0.6) is 0 Å². The number of nitrogens with one attached hydrogen (secondary N) is 1. The van der Waals surface area contributed by atoms with Gasteiger partial charge in [-0.3, -0.25) is 4.79 Å². The van der Waals surface area contributed by atoms with Crippen molar-refractivity contribution in [3.05, 3.63) is 0 Å². The van der Waals surface area contributed by atoms with E-state index >= 15 is 0 Å².